The molecule has 1 N–H and O–H groups in total. The number of oxazole rings is 1. The zero-order valence-electron chi connectivity index (χ0n) is 17.7. The second-order valence-corrected chi connectivity index (χ2v) is 9.12. The molecule has 4 rings (SSSR count). The second-order valence-electron chi connectivity index (χ2n) is 9.12. The molecule has 1 unspecified atom stereocenters. The van der Waals surface area contributed by atoms with Gasteiger partial charge >= 0.3 is 6.03 Å². The number of urea groups is 1. The number of nitrogens with one attached hydrogen (secondary N) is 1. The SMILES string of the molecule is CC(C)(C)c1ccc2oc(CN3CCN(C(=O)NCC4CCCO4)CC3)nc2c1. The number of hydrogen-bond donors (Lipinski definition) is 1. The molecule has 1 atom stereocenters. The van der Waals surface area contributed by atoms with Crippen molar-refractivity contribution >= 4 is 17.1 Å². The fourth-order valence-corrected chi connectivity index (χ4v) is 3.93. The number of carbonyl (C=O) groups is 1. The maximum absolute atomic E-state index is 12.4. The van der Waals surface area contributed by atoms with Gasteiger partial charge in [0.25, 0.3) is 0 Å². The van der Waals surface area contributed by atoms with Crippen LogP contribution in [0.3, 0.4) is 0 Å². The lowest BCUT2D eigenvalue weighted by molar-refractivity contribution is 0.103. The first-order valence-electron chi connectivity index (χ1n) is 10.7. The Balaban J connectivity index is 1.28. The van der Waals surface area contributed by atoms with E-state index in [1.54, 1.807) is 0 Å². The third kappa shape index (κ3) is 4.90. The van der Waals surface area contributed by atoms with Gasteiger partial charge in [0.05, 0.1) is 12.6 Å². The molecule has 7 heteroatoms. The van der Waals surface area contributed by atoms with Crippen LogP contribution in [0.4, 0.5) is 4.79 Å². The predicted octanol–water partition coefficient (Wildman–Crippen LogP) is 3.13. The number of nitrogens with zero attached hydrogens (tertiary/aromatic N) is 3. The van der Waals surface area contributed by atoms with Crippen LogP contribution in [0.5, 0.6) is 0 Å². The standard InChI is InChI=1S/C22H32N4O3/c1-22(2,3)16-6-7-19-18(13-16)24-20(29-19)15-25-8-10-26(11-9-25)21(27)23-14-17-5-4-12-28-17/h6-7,13,17H,4-5,8-12,14-15H2,1-3H3,(H,23,27). The molecule has 158 valence electrons. The molecule has 0 saturated carbocycles. The van der Waals surface area contributed by atoms with Crippen LogP contribution in [0.25, 0.3) is 11.1 Å². The summed E-state index contributed by atoms with van der Waals surface area (Å²) in [6.07, 6.45) is 2.31. The molecule has 2 aliphatic heterocycles. The van der Waals surface area contributed by atoms with Gasteiger partial charge in [-0.05, 0) is 36.0 Å². The Kier molecular flexibility index (Phi) is 5.79. The monoisotopic (exact) mass is 400 g/mol. The average molecular weight is 401 g/mol. The summed E-state index contributed by atoms with van der Waals surface area (Å²) in [4.78, 5) is 21.2. The summed E-state index contributed by atoms with van der Waals surface area (Å²) in [6, 6.07) is 6.27. The van der Waals surface area contributed by atoms with Crippen molar-refractivity contribution in [1.82, 2.24) is 20.1 Å². The minimum Gasteiger partial charge on any atom is -0.439 e. The molecule has 2 fully saturated rings. The number of aromatic nitrogens is 1. The molecule has 0 aliphatic carbocycles. The third-order valence-electron chi connectivity index (χ3n) is 5.82. The van der Waals surface area contributed by atoms with E-state index in [0.29, 0.717) is 26.2 Å². The summed E-state index contributed by atoms with van der Waals surface area (Å²) in [5.41, 5.74) is 3.10. The maximum Gasteiger partial charge on any atom is 0.317 e. The molecule has 0 bridgehead atoms. The Morgan fingerprint density at radius 3 is 2.72 bits per heavy atom. The van der Waals surface area contributed by atoms with Crippen molar-refractivity contribution in [3.63, 3.8) is 0 Å². The third-order valence-corrected chi connectivity index (χ3v) is 5.82. The first kappa shape index (κ1) is 20.2. The van der Waals surface area contributed by atoms with Gasteiger partial charge in [0.2, 0.25) is 5.89 Å². The van der Waals surface area contributed by atoms with E-state index in [-0.39, 0.29) is 17.6 Å². The van der Waals surface area contributed by atoms with Gasteiger partial charge in [0.1, 0.15) is 5.52 Å². The Morgan fingerprint density at radius 1 is 1.24 bits per heavy atom. The predicted molar refractivity (Wildman–Crippen MR) is 112 cm³/mol. The summed E-state index contributed by atoms with van der Waals surface area (Å²) in [5.74, 6) is 0.738. The van der Waals surface area contributed by atoms with Crippen LogP contribution in [0.2, 0.25) is 0 Å². The first-order valence-corrected chi connectivity index (χ1v) is 10.7. The molecule has 1 aromatic carbocycles. The average Bonchev–Trinajstić information content (AvgIpc) is 3.34. The molecule has 2 aromatic rings. The van der Waals surface area contributed by atoms with Crippen molar-refractivity contribution in [2.24, 2.45) is 0 Å². The molecular weight excluding hydrogens is 368 g/mol. The number of carbonyl (C=O) groups excluding carboxylic acids is 1. The summed E-state index contributed by atoms with van der Waals surface area (Å²) in [7, 11) is 0. The normalized spacial score (nSPS) is 21.1. The smallest absolute Gasteiger partial charge is 0.317 e. The van der Waals surface area contributed by atoms with Crippen molar-refractivity contribution < 1.29 is 13.9 Å². The molecule has 3 heterocycles. The van der Waals surface area contributed by atoms with Crippen LogP contribution >= 0.6 is 0 Å². The van der Waals surface area contributed by atoms with E-state index in [2.05, 4.69) is 43.1 Å². The van der Waals surface area contributed by atoms with Crippen LogP contribution in [-0.4, -0.2) is 66.2 Å². The highest BCUT2D eigenvalue weighted by Gasteiger charge is 2.24. The fraction of sp³-hybridized carbons (Fsp3) is 0.636. The van der Waals surface area contributed by atoms with E-state index < -0.39 is 0 Å². The van der Waals surface area contributed by atoms with Gasteiger partial charge in [-0.2, -0.15) is 0 Å². The van der Waals surface area contributed by atoms with E-state index in [9.17, 15) is 4.79 Å². The molecule has 0 radical (unpaired) electrons. The molecule has 29 heavy (non-hydrogen) atoms. The van der Waals surface area contributed by atoms with Gasteiger partial charge in [0.15, 0.2) is 5.58 Å². The molecule has 2 amide bonds. The minimum absolute atomic E-state index is 0.0109. The first-order chi connectivity index (χ1) is 13.9. The number of piperazine rings is 1. The number of ether oxygens (including phenoxy) is 1. The molecule has 2 saturated heterocycles. The lowest BCUT2D eigenvalue weighted by Gasteiger charge is -2.34. The van der Waals surface area contributed by atoms with Crippen LogP contribution in [0.1, 0.15) is 45.1 Å². The fourth-order valence-electron chi connectivity index (χ4n) is 3.93. The topological polar surface area (TPSA) is 70.8 Å². The summed E-state index contributed by atoms with van der Waals surface area (Å²) < 4.78 is 11.5. The van der Waals surface area contributed by atoms with Crippen LogP contribution in [0.15, 0.2) is 22.6 Å². The van der Waals surface area contributed by atoms with Crippen molar-refractivity contribution in [2.75, 3.05) is 39.3 Å². The molecular formula is C22H32N4O3. The quantitative estimate of drug-likeness (QED) is 0.854. The Bertz CT molecular complexity index is 843. The highest BCUT2D eigenvalue weighted by molar-refractivity contribution is 5.74. The zero-order chi connectivity index (χ0) is 20.4. The Hall–Kier alpha value is -2.12. The van der Waals surface area contributed by atoms with Crippen molar-refractivity contribution in [3.05, 3.63) is 29.7 Å². The molecule has 2 aliphatic rings. The van der Waals surface area contributed by atoms with E-state index in [4.69, 9.17) is 14.1 Å². The van der Waals surface area contributed by atoms with Crippen LogP contribution in [-0.2, 0) is 16.7 Å². The van der Waals surface area contributed by atoms with Crippen molar-refractivity contribution in [1.29, 1.82) is 0 Å². The molecule has 1 aromatic heterocycles. The largest absolute Gasteiger partial charge is 0.439 e. The van der Waals surface area contributed by atoms with Gasteiger partial charge in [0, 0.05) is 39.3 Å². The van der Waals surface area contributed by atoms with Gasteiger partial charge < -0.3 is 19.4 Å². The lowest BCUT2D eigenvalue weighted by atomic mass is 9.87. The van der Waals surface area contributed by atoms with E-state index in [1.165, 1.54) is 5.56 Å². The van der Waals surface area contributed by atoms with E-state index in [0.717, 1.165) is 49.5 Å². The summed E-state index contributed by atoms with van der Waals surface area (Å²) in [6.45, 7) is 11.8. The highest BCUT2D eigenvalue weighted by atomic mass is 16.5. The zero-order valence-corrected chi connectivity index (χ0v) is 17.7. The van der Waals surface area contributed by atoms with Gasteiger partial charge in [-0.15, -0.1) is 0 Å². The molecule has 0 spiro atoms. The number of benzene rings is 1. The van der Waals surface area contributed by atoms with Crippen molar-refractivity contribution in [2.45, 2.75) is 51.7 Å². The highest BCUT2D eigenvalue weighted by Crippen LogP contribution is 2.26. The van der Waals surface area contributed by atoms with E-state index >= 15 is 0 Å². The number of fused-ring (bicyclic) bond motifs is 1. The minimum atomic E-state index is 0.0109. The maximum atomic E-state index is 12.4. The Morgan fingerprint density at radius 2 is 2.03 bits per heavy atom. The van der Waals surface area contributed by atoms with Gasteiger partial charge in [-0.25, -0.2) is 9.78 Å². The second kappa shape index (κ2) is 8.32. The summed E-state index contributed by atoms with van der Waals surface area (Å²) >= 11 is 0. The van der Waals surface area contributed by atoms with Gasteiger partial charge in [-0.3, -0.25) is 4.90 Å². The number of amides is 2. The summed E-state index contributed by atoms with van der Waals surface area (Å²) in [5, 5.41) is 3.01. The van der Waals surface area contributed by atoms with Crippen LogP contribution in [0, 0.1) is 0 Å². The Labute approximate surface area is 172 Å². The van der Waals surface area contributed by atoms with E-state index in [1.807, 2.05) is 11.0 Å². The number of rotatable bonds is 4. The van der Waals surface area contributed by atoms with Crippen molar-refractivity contribution in [3.8, 4) is 0 Å². The lowest BCUT2D eigenvalue weighted by Crippen LogP contribution is -2.52. The van der Waals surface area contributed by atoms with Crippen LogP contribution < -0.4 is 5.32 Å². The molecule has 7 nitrogen and oxygen atoms in total. The van der Waals surface area contributed by atoms with Gasteiger partial charge in [-0.1, -0.05) is 26.8 Å². The number of hydrogen-bond acceptors (Lipinski definition) is 5.